The minimum atomic E-state index is -0.00347. The van der Waals surface area contributed by atoms with Gasteiger partial charge in [0.2, 0.25) is 0 Å². The third-order valence-electron chi connectivity index (χ3n) is 0.241. The van der Waals surface area contributed by atoms with Gasteiger partial charge in [0.25, 0.3) is 0 Å². The van der Waals surface area contributed by atoms with E-state index in [1.165, 1.54) is 14.6 Å². The fraction of sp³-hybridized carbons (Fsp3) is 1.00. The molecule has 0 aromatic heterocycles. The molecule has 0 aliphatic carbocycles. The van der Waals surface area contributed by atoms with E-state index in [-0.39, 0.29) is 6.51 Å². The quantitative estimate of drug-likeness (QED) is 0.433. The van der Waals surface area contributed by atoms with Crippen molar-refractivity contribution in [2.24, 2.45) is 0 Å². The van der Waals surface area contributed by atoms with Gasteiger partial charge in [-0.25, -0.2) is 0 Å². The van der Waals surface area contributed by atoms with Crippen LogP contribution in [0.2, 0.25) is 0 Å². The van der Waals surface area contributed by atoms with Crippen molar-refractivity contribution in [2.45, 2.75) is 0 Å². The number of aliphatic hydroxyl groups excluding tert-OH is 1. The van der Waals surface area contributed by atoms with E-state index < -0.39 is 0 Å². The molecule has 0 fully saturated rings. The van der Waals surface area contributed by atoms with Crippen molar-refractivity contribution in [1.82, 2.24) is 0 Å². The molecular formula is C2H6BO2. The molecule has 1 radical (unpaired) electrons. The molecular weight excluding hydrogens is 66.8 g/mol. The number of aliphatic hydroxyl groups is 1. The van der Waals surface area contributed by atoms with E-state index in [0.717, 1.165) is 0 Å². The van der Waals surface area contributed by atoms with Gasteiger partial charge < -0.3 is 9.76 Å². The maximum Gasteiger partial charge on any atom is 0.319 e. The van der Waals surface area contributed by atoms with Crippen molar-refractivity contribution >= 4 is 7.48 Å². The zero-order valence-corrected chi connectivity index (χ0v) is 3.14. The van der Waals surface area contributed by atoms with Gasteiger partial charge in [-0.2, -0.15) is 0 Å². The average molecular weight is 72.9 g/mol. The molecule has 3 heteroatoms. The van der Waals surface area contributed by atoms with Gasteiger partial charge in [0.1, 0.15) is 0 Å². The van der Waals surface area contributed by atoms with Crippen molar-refractivity contribution in [2.75, 3.05) is 13.6 Å². The van der Waals surface area contributed by atoms with Gasteiger partial charge in [-0.1, -0.05) is 0 Å². The summed E-state index contributed by atoms with van der Waals surface area (Å²) in [5, 5.41) is 7.89. The Morgan fingerprint density at radius 3 is 2.60 bits per heavy atom. The van der Waals surface area contributed by atoms with Crippen molar-refractivity contribution in [3.8, 4) is 0 Å². The summed E-state index contributed by atoms with van der Waals surface area (Å²) in [6.45, 7) is -0.00347. The smallest absolute Gasteiger partial charge is 0.319 e. The van der Waals surface area contributed by atoms with Gasteiger partial charge in [0, 0.05) is 13.6 Å². The number of hydrogen-bond donors (Lipinski definition) is 1. The van der Waals surface area contributed by atoms with E-state index in [1.54, 1.807) is 0 Å². The van der Waals surface area contributed by atoms with Crippen LogP contribution in [0.1, 0.15) is 0 Å². The second-order valence-electron chi connectivity index (χ2n) is 0.585. The second kappa shape index (κ2) is 3.98. The normalized spacial score (nSPS) is 7.60. The molecule has 0 rings (SSSR count). The number of hydrogen-bond acceptors (Lipinski definition) is 2. The standard InChI is InChI=1S/C2H6BO2/c1-5-3-2-4/h4H,2H2,1H3. The lowest BCUT2D eigenvalue weighted by Gasteiger charge is -1.80. The maximum atomic E-state index is 7.89. The summed E-state index contributed by atoms with van der Waals surface area (Å²) in [6.07, 6.45) is 0. The summed E-state index contributed by atoms with van der Waals surface area (Å²) in [4.78, 5) is 0. The first-order valence-corrected chi connectivity index (χ1v) is 1.37. The lowest BCUT2D eigenvalue weighted by atomic mass is 10.1. The van der Waals surface area contributed by atoms with Crippen molar-refractivity contribution < 1.29 is 9.76 Å². The van der Waals surface area contributed by atoms with E-state index in [9.17, 15) is 0 Å². The van der Waals surface area contributed by atoms with Crippen LogP contribution in [-0.4, -0.2) is 26.2 Å². The molecule has 0 amide bonds. The van der Waals surface area contributed by atoms with Crippen LogP contribution in [0, 0.1) is 0 Å². The first-order chi connectivity index (χ1) is 2.41. The van der Waals surface area contributed by atoms with Gasteiger partial charge >= 0.3 is 7.48 Å². The fourth-order valence-electron chi connectivity index (χ4n) is 0.0745. The Morgan fingerprint density at radius 1 is 2.00 bits per heavy atom. The Morgan fingerprint density at radius 2 is 2.60 bits per heavy atom. The Bertz CT molecular complexity index is 15.1. The highest BCUT2D eigenvalue weighted by molar-refractivity contribution is 6.26. The molecule has 0 aliphatic heterocycles. The molecule has 0 spiro atoms. The summed E-state index contributed by atoms with van der Waals surface area (Å²) < 4.78 is 4.32. The van der Waals surface area contributed by atoms with Crippen LogP contribution >= 0.6 is 0 Å². The van der Waals surface area contributed by atoms with E-state index in [1.807, 2.05) is 0 Å². The topological polar surface area (TPSA) is 29.5 Å². The zero-order chi connectivity index (χ0) is 4.12. The van der Waals surface area contributed by atoms with Gasteiger partial charge in [0.15, 0.2) is 0 Å². The van der Waals surface area contributed by atoms with E-state index in [2.05, 4.69) is 4.65 Å². The third-order valence-corrected chi connectivity index (χ3v) is 0.241. The summed E-state index contributed by atoms with van der Waals surface area (Å²) in [5.74, 6) is 0. The number of rotatable bonds is 2. The predicted molar refractivity (Wildman–Crippen MR) is 19.8 cm³/mol. The molecule has 0 aromatic rings. The Kier molecular flexibility index (Phi) is 3.97. The van der Waals surface area contributed by atoms with Crippen LogP contribution in [0.25, 0.3) is 0 Å². The van der Waals surface area contributed by atoms with Gasteiger partial charge in [-0.3, -0.25) is 0 Å². The molecule has 2 nitrogen and oxygen atoms in total. The Balaban J connectivity index is 2.19. The molecule has 0 unspecified atom stereocenters. The van der Waals surface area contributed by atoms with Gasteiger partial charge in [-0.05, 0) is 0 Å². The van der Waals surface area contributed by atoms with Crippen LogP contribution in [-0.2, 0) is 4.65 Å². The molecule has 0 heterocycles. The second-order valence-corrected chi connectivity index (χ2v) is 0.585. The van der Waals surface area contributed by atoms with E-state index >= 15 is 0 Å². The molecule has 0 saturated carbocycles. The maximum absolute atomic E-state index is 7.89. The summed E-state index contributed by atoms with van der Waals surface area (Å²) in [5.41, 5.74) is 0. The lowest BCUT2D eigenvalue weighted by Crippen LogP contribution is -1.97. The van der Waals surface area contributed by atoms with Crippen molar-refractivity contribution in [3.05, 3.63) is 0 Å². The highest BCUT2D eigenvalue weighted by Crippen LogP contribution is 1.51. The first-order valence-electron chi connectivity index (χ1n) is 1.37. The van der Waals surface area contributed by atoms with Crippen LogP contribution in [0.4, 0.5) is 0 Å². The molecule has 29 valence electrons. The Hall–Kier alpha value is -0.0151. The van der Waals surface area contributed by atoms with Crippen molar-refractivity contribution in [1.29, 1.82) is 0 Å². The largest absolute Gasteiger partial charge is 0.440 e. The zero-order valence-electron chi connectivity index (χ0n) is 3.14. The van der Waals surface area contributed by atoms with E-state index in [4.69, 9.17) is 5.11 Å². The van der Waals surface area contributed by atoms with Gasteiger partial charge in [-0.15, -0.1) is 0 Å². The molecule has 5 heavy (non-hydrogen) atoms. The van der Waals surface area contributed by atoms with Crippen molar-refractivity contribution in [3.63, 3.8) is 0 Å². The molecule has 0 saturated heterocycles. The Labute approximate surface area is 32.0 Å². The molecule has 0 aliphatic rings. The molecule has 0 aromatic carbocycles. The summed E-state index contributed by atoms with van der Waals surface area (Å²) in [7, 11) is 2.80. The highest BCUT2D eigenvalue weighted by Gasteiger charge is 1.75. The third kappa shape index (κ3) is 3.98. The average Bonchev–Trinajstić information content (AvgIpc) is 1.41. The predicted octanol–water partition coefficient (Wildman–Crippen LogP) is -0.798. The van der Waals surface area contributed by atoms with Gasteiger partial charge in [0.05, 0.1) is 0 Å². The SMILES string of the molecule is CO[B]CO. The molecule has 0 atom stereocenters. The minimum Gasteiger partial charge on any atom is -0.440 e. The van der Waals surface area contributed by atoms with E-state index in [0.29, 0.717) is 0 Å². The van der Waals surface area contributed by atoms with Crippen LogP contribution in [0.3, 0.4) is 0 Å². The van der Waals surface area contributed by atoms with Crippen LogP contribution < -0.4 is 0 Å². The van der Waals surface area contributed by atoms with Crippen LogP contribution in [0.5, 0.6) is 0 Å². The monoisotopic (exact) mass is 73.0 g/mol. The summed E-state index contributed by atoms with van der Waals surface area (Å²) in [6, 6.07) is 0. The summed E-state index contributed by atoms with van der Waals surface area (Å²) >= 11 is 0. The molecule has 1 N–H and O–H groups in total. The van der Waals surface area contributed by atoms with Crippen LogP contribution in [0.15, 0.2) is 0 Å². The molecule has 0 bridgehead atoms. The highest BCUT2D eigenvalue weighted by atomic mass is 16.4. The first kappa shape index (κ1) is 4.98. The minimum absolute atomic E-state index is 0.00347. The fourth-order valence-corrected chi connectivity index (χ4v) is 0.0745. The lowest BCUT2D eigenvalue weighted by molar-refractivity contribution is 0.330.